The zero-order valence-corrected chi connectivity index (χ0v) is 11.6. The van der Waals surface area contributed by atoms with Crippen LogP contribution in [0, 0.1) is 0 Å². The van der Waals surface area contributed by atoms with Gasteiger partial charge < -0.3 is 0 Å². The van der Waals surface area contributed by atoms with Gasteiger partial charge in [-0.2, -0.15) is 13.2 Å². The lowest BCUT2D eigenvalue weighted by atomic mass is 10.3. The van der Waals surface area contributed by atoms with E-state index in [-0.39, 0.29) is 0 Å². The second-order valence-corrected chi connectivity index (χ2v) is 6.40. The molecule has 0 bridgehead atoms. The van der Waals surface area contributed by atoms with Crippen molar-refractivity contribution < 1.29 is 21.6 Å². The van der Waals surface area contributed by atoms with Crippen molar-refractivity contribution in [2.24, 2.45) is 0 Å². The van der Waals surface area contributed by atoms with Crippen LogP contribution in [0.15, 0.2) is 28.7 Å². The van der Waals surface area contributed by atoms with Crippen molar-refractivity contribution in [3.8, 4) is 0 Å². The fraction of sp³-hybridized carbons (Fsp3) is 0.400. The summed E-state index contributed by atoms with van der Waals surface area (Å²) in [4.78, 5) is 0. The Hall–Kier alpha value is -0.760. The van der Waals surface area contributed by atoms with Crippen LogP contribution in [0.1, 0.15) is 12.8 Å². The van der Waals surface area contributed by atoms with Crippen molar-refractivity contribution in [2.45, 2.75) is 19.0 Å². The lowest BCUT2D eigenvalue weighted by molar-refractivity contribution is -0.134. The molecule has 102 valence electrons. The van der Waals surface area contributed by atoms with Gasteiger partial charge in [0.25, 0.3) is 0 Å². The summed E-state index contributed by atoms with van der Waals surface area (Å²) in [6, 6.07) is 6.30. The van der Waals surface area contributed by atoms with Gasteiger partial charge in [0.05, 0.1) is 5.75 Å². The average Bonchev–Trinajstić information content (AvgIpc) is 2.18. The number of sulfonamides is 1. The Kier molecular flexibility index (Phi) is 5.03. The molecule has 0 spiro atoms. The highest BCUT2D eigenvalue weighted by Crippen LogP contribution is 2.22. The molecule has 18 heavy (non-hydrogen) atoms. The number of benzene rings is 1. The van der Waals surface area contributed by atoms with Gasteiger partial charge in [-0.15, -0.1) is 0 Å². The maximum absolute atomic E-state index is 11.9. The number of alkyl halides is 3. The molecule has 8 heteroatoms. The van der Waals surface area contributed by atoms with Gasteiger partial charge in [-0.05, 0) is 30.7 Å². The van der Waals surface area contributed by atoms with Crippen LogP contribution in [0.3, 0.4) is 0 Å². The van der Waals surface area contributed by atoms with E-state index in [0.29, 0.717) is 5.69 Å². The summed E-state index contributed by atoms with van der Waals surface area (Å²) in [5, 5.41) is 0. The van der Waals surface area contributed by atoms with E-state index in [1.165, 1.54) is 12.1 Å². The summed E-state index contributed by atoms with van der Waals surface area (Å²) < 4.78 is 61.6. The third kappa shape index (κ3) is 6.25. The Morgan fingerprint density at radius 1 is 1.17 bits per heavy atom. The summed E-state index contributed by atoms with van der Waals surface area (Å²) in [7, 11) is -3.74. The molecule has 0 saturated carbocycles. The average molecular weight is 346 g/mol. The molecule has 3 nitrogen and oxygen atoms in total. The first-order valence-corrected chi connectivity index (χ1v) is 7.45. The van der Waals surface area contributed by atoms with Crippen LogP contribution in [0.4, 0.5) is 18.9 Å². The van der Waals surface area contributed by atoms with Gasteiger partial charge >= 0.3 is 6.18 Å². The third-order valence-corrected chi connectivity index (χ3v) is 3.89. The molecular formula is C10H11BrF3NO2S. The van der Waals surface area contributed by atoms with Crippen molar-refractivity contribution in [3.05, 3.63) is 28.7 Å². The molecule has 1 rings (SSSR count). The van der Waals surface area contributed by atoms with E-state index >= 15 is 0 Å². The van der Waals surface area contributed by atoms with Gasteiger partial charge in [0.15, 0.2) is 0 Å². The Labute approximate surface area is 112 Å². The predicted octanol–water partition coefficient (Wildman–Crippen LogP) is 3.53. The molecule has 1 aromatic rings. The van der Waals surface area contributed by atoms with Gasteiger partial charge in [0, 0.05) is 16.6 Å². The van der Waals surface area contributed by atoms with E-state index in [9.17, 15) is 21.6 Å². The second kappa shape index (κ2) is 5.92. The van der Waals surface area contributed by atoms with E-state index in [0.717, 1.165) is 4.47 Å². The molecule has 0 aliphatic carbocycles. The highest BCUT2D eigenvalue weighted by atomic mass is 79.9. The predicted molar refractivity (Wildman–Crippen MR) is 66.8 cm³/mol. The maximum atomic E-state index is 11.9. The molecule has 0 aliphatic rings. The van der Waals surface area contributed by atoms with Crippen molar-refractivity contribution in [2.75, 3.05) is 10.5 Å². The summed E-state index contributed by atoms with van der Waals surface area (Å²) in [5.41, 5.74) is 0.324. The van der Waals surface area contributed by atoms with Crippen LogP contribution in [0.2, 0.25) is 0 Å². The molecule has 1 aromatic carbocycles. The normalized spacial score (nSPS) is 12.4. The smallest absolute Gasteiger partial charge is 0.284 e. The van der Waals surface area contributed by atoms with Crippen molar-refractivity contribution in [1.82, 2.24) is 0 Å². The van der Waals surface area contributed by atoms with Crippen molar-refractivity contribution >= 4 is 31.6 Å². The number of hydrogen-bond acceptors (Lipinski definition) is 2. The number of halogens is 4. The van der Waals surface area contributed by atoms with Crippen LogP contribution in [0.5, 0.6) is 0 Å². The van der Waals surface area contributed by atoms with Crippen molar-refractivity contribution in [1.29, 1.82) is 0 Å². The highest BCUT2D eigenvalue weighted by Gasteiger charge is 2.27. The minimum atomic E-state index is -4.33. The van der Waals surface area contributed by atoms with E-state index < -0.39 is 34.8 Å². The summed E-state index contributed by atoms with van der Waals surface area (Å²) in [5.74, 6) is -0.553. The van der Waals surface area contributed by atoms with Crippen LogP contribution < -0.4 is 4.72 Å². The first-order valence-electron chi connectivity index (χ1n) is 5.01. The molecule has 0 aliphatic heterocycles. The first-order chi connectivity index (χ1) is 8.18. The minimum absolute atomic E-state index is 0.324. The lowest BCUT2D eigenvalue weighted by Gasteiger charge is -2.09. The number of hydrogen-bond donors (Lipinski definition) is 1. The number of rotatable bonds is 5. The first kappa shape index (κ1) is 15.3. The molecule has 0 amide bonds. The van der Waals surface area contributed by atoms with Gasteiger partial charge in [0.1, 0.15) is 0 Å². The minimum Gasteiger partial charge on any atom is -0.284 e. The molecule has 0 unspecified atom stereocenters. The molecule has 0 aromatic heterocycles. The van der Waals surface area contributed by atoms with E-state index in [4.69, 9.17) is 0 Å². The van der Waals surface area contributed by atoms with Gasteiger partial charge in [-0.1, -0.05) is 15.9 Å². The van der Waals surface area contributed by atoms with Gasteiger partial charge in [0.2, 0.25) is 10.0 Å². The Balaban J connectivity index is 2.52. The fourth-order valence-electron chi connectivity index (χ4n) is 1.21. The molecule has 0 fully saturated rings. The summed E-state index contributed by atoms with van der Waals surface area (Å²) >= 11 is 3.19. The standard InChI is InChI=1S/C10H11BrF3NO2S/c11-8-2-4-9(5-3-8)15-18(16,17)7-1-6-10(12,13)14/h2-5,15H,1,6-7H2. The maximum Gasteiger partial charge on any atom is 0.389 e. The van der Waals surface area contributed by atoms with E-state index in [1.807, 2.05) is 0 Å². The molecule has 0 heterocycles. The zero-order chi connectivity index (χ0) is 13.8. The van der Waals surface area contributed by atoms with Crippen LogP contribution >= 0.6 is 15.9 Å². The lowest BCUT2D eigenvalue weighted by Crippen LogP contribution is -2.18. The van der Waals surface area contributed by atoms with Gasteiger partial charge in [-0.3, -0.25) is 4.72 Å². The Bertz CT molecular complexity index is 485. The third-order valence-electron chi connectivity index (χ3n) is 1.99. The fourth-order valence-corrected chi connectivity index (χ4v) is 2.60. The van der Waals surface area contributed by atoms with E-state index in [2.05, 4.69) is 20.7 Å². The van der Waals surface area contributed by atoms with Crippen LogP contribution in [0.25, 0.3) is 0 Å². The van der Waals surface area contributed by atoms with Crippen LogP contribution in [-0.4, -0.2) is 20.3 Å². The summed E-state index contributed by atoms with van der Waals surface area (Å²) in [6.45, 7) is 0. The molecule has 0 atom stereocenters. The van der Waals surface area contributed by atoms with Crippen LogP contribution in [-0.2, 0) is 10.0 Å². The largest absolute Gasteiger partial charge is 0.389 e. The molecule has 1 N–H and O–H groups in total. The Morgan fingerprint density at radius 2 is 1.72 bits per heavy atom. The second-order valence-electron chi connectivity index (χ2n) is 3.65. The highest BCUT2D eigenvalue weighted by molar-refractivity contribution is 9.10. The number of anilines is 1. The monoisotopic (exact) mass is 345 g/mol. The summed E-state index contributed by atoms with van der Waals surface area (Å²) in [6.07, 6.45) is -5.88. The Morgan fingerprint density at radius 3 is 2.22 bits per heavy atom. The van der Waals surface area contributed by atoms with E-state index in [1.54, 1.807) is 12.1 Å². The van der Waals surface area contributed by atoms with Crippen molar-refractivity contribution in [3.63, 3.8) is 0 Å². The SMILES string of the molecule is O=S(=O)(CCCC(F)(F)F)Nc1ccc(Br)cc1. The topological polar surface area (TPSA) is 46.2 Å². The molecule has 0 radical (unpaired) electrons. The zero-order valence-electron chi connectivity index (χ0n) is 9.17. The molecule has 0 saturated heterocycles. The quantitative estimate of drug-likeness (QED) is 0.887. The molecular weight excluding hydrogens is 335 g/mol. The number of nitrogens with one attached hydrogen (secondary N) is 1. The van der Waals surface area contributed by atoms with Gasteiger partial charge in [-0.25, -0.2) is 8.42 Å².